The van der Waals surface area contributed by atoms with Crippen molar-refractivity contribution in [3.05, 3.63) is 24.0 Å². The molecule has 0 unspecified atom stereocenters. The van der Waals surface area contributed by atoms with Gasteiger partial charge in [-0.3, -0.25) is 4.98 Å². The van der Waals surface area contributed by atoms with Crippen LogP contribution >= 0.6 is 0 Å². The second-order valence-corrected chi connectivity index (χ2v) is 4.22. The van der Waals surface area contributed by atoms with Crippen molar-refractivity contribution in [2.75, 3.05) is 18.0 Å². The van der Waals surface area contributed by atoms with Crippen molar-refractivity contribution >= 4 is 5.69 Å². The molecule has 1 aliphatic carbocycles. The van der Waals surface area contributed by atoms with Crippen LogP contribution in [0.4, 0.5) is 5.69 Å². The van der Waals surface area contributed by atoms with Crippen molar-refractivity contribution in [2.45, 2.75) is 32.2 Å². The molecule has 0 bridgehead atoms. The normalized spacial score (nSPS) is 16.1. The van der Waals surface area contributed by atoms with Gasteiger partial charge in [0.1, 0.15) is 0 Å². The predicted molar refractivity (Wildman–Crippen MR) is 63.0 cm³/mol. The van der Waals surface area contributed by atoms with E-state index in [0.717, 1.165) is 18.8 Å². The third-order valence-electron chi connectivity index (χ3n) is 3.10. The van der Waals surface area contributed by atoms with Crippen molar-refractivity contribution in [1.29, 1.82) is 0 Å². The summed E-state index contributed by atoms with van der Waals surface area (Å²) in [6.07, 6.45) is 5.85. The first-order valence-electron chi connectivity index (χ1n) is 5.70. The van der Waals surface area contributed by atoms with E-state index in [1.807, 2.05) is 13.1 Å². The molecule has 0 radical (unpaired) electrons. The number of hydrogen-bond acceptors (Lipinski definition) is 3. The number of aromatic nitrogens is 1. The molecule has 82 valence electrons. The Kier molecular flexibility index (Phi) is 3.21. The van der Waals surface area contributed by atoms with Crippen molar-refractivity contribution in [3.8, 4) is 0 Å². The Labute approximate surface area is 91.3 Å². The van der Waals surface area contributed by atoms with Gasteiger partial charge in [0.25, 0.3) is 0 Å². The van der Waals surface area contributed by atoms with Crippen LogP contribution in [0.5, 0.6) is 0 Å². The lowest BCUT2D eigenvalue weighted by Crippen LogP contribution is -2.43. The second-order valence-electron chi connectivity index (χ2n) is 4.22. The van der Waals surface area contributed by atoms with E-state index < -0.39 is 0 Å². The minimum Gasteiger partial charge on any atom is -0.367 e. The zero-order valence-electron chi connectivity index (χ0n) is 9.32. The highest BCUT2D eigenvalue weighted by Crippen LogP contribution is 2.29. The van der Waals surface area contributed by atoms with Crippen molar-refractivity contribution in [2.24, 2.45) is 5.73 Å². The second kappa shape index (κ2) is 4.62. The number of nitrogens with two attached hydrogens (primary N) is 1. The van der Waals surface area contributed by atoms with E-state index in [4.69, 9.17) is 5.73 Å². The maximum Gasteiger partial charge on any atom is 0.0402 e. The van der Waals surface area contributed by atoms with E-state index in [1.54, 1.807) is 0 Å². The van der Waals surface area contributed by atoms with Gasteiger partial charge < -0.3 is 10.6 Å². The van der Waals surface area contributed by atoms with Crippen molar-refractivity contribution < 1.29 is 0 Å². The van der Waals surface area contributed by atoms with Gasteiger partial charge in [-0.15, -0.1) is 0 Å². The molecule has 1 aromatic heterocycles. The number of nitrogens with zero attached hydrogens (tertiary/aromatic N) is 2. The van der Waals surface area contributed by atoms with Crippen LogP contribution < -0.4 is 10.6 Å². The molecule has 1 heterocycles. The Morgan fingerprint density at radius 3 is 2.87 bits per heavy atom. The van der Waals surface area contributed by atoms with Crippen LogP contribution in [0.25, 0.3) is 0 Å². The monoisotopic (exact) mass is 205 g/mol. The molecule has 1 aliphatic rings. The average Bonchev–Trinajstić information content (AvgIpc) is 2.14. The molecule has 0 aliphatic heterocycles. The first-order valence-corrected chi connectivity index (χ1v) is 5.70. The molecule has 2 rings (SSSR count). The Morgan fingerprint density at radius 1 is 1.53 bits per heavy atom. The molecule has 3 nitrogen and oxygen atoms in total. The standard InChI is InChI=1S/C12H19N3/c1-10-9-12(5-7-14-10)15(8-6-13)11-3-2-4-11/h5,7,9,11H,2-4,6,8,13H2,1H3. The van der Waals surface area contributed by atoms with Gasteiger partial charge >= 0.3 is 0 Å². The molecule has 1 fully saturated rings. The Morgan fingerprint density at radius 2 is 2.33 bits per heavy atom. The Hall–Kier alpha value is -1.09. The third-order valence-corrected chi connectivity index (χ3v) is 3.10. The fourth-order valence-electron chi connectivity index (χ4n) is 2.07. The van der Waals surface area contributed by atoms with E-state index in [1.165, 1.54) is 24.9 Å². The highest BCUT2D eigenvalue weighted by molar-refractivity contribution is 5.48. The number of pyridine rings is 1. The summed E-state index contributed by atoms with van der Waals surface area (Å²) in [5.74, 6) is 0. The number of aryl methyl sites for hydroxylation is 1. The lowest BCUT2D eigenvalue weighted by Gasteiger charge is -2.39. The van der Waals surface area contributed by atoms with Gasteiger partial charge in [-0.2, -0.15) is 0 Å². The molecular weight excluding hydrogens is 186 g/mol. The predicted octanol–water partition coefficient (Wildman–Crippen LogP) is 1.71. The van der Waals surface area contributed by atoms with Gasteiger partial charge in [-0.05, 0) is 38.3 Å². The topological polar surface area (TPSA) is 42.1 Å². The summed E-state index contributed by atoms with van der Waals surface area (Å²) >= 11 is 0. The Balaban J connectivity index is 2.15. The molecule has 0 spiro atoms. The third kappa shape index (κ3) is 2.29. The molecular formula is C12H19N3. The summed E-state index contributed by atoms with van der Waals surface area (Å²) in [6, 6.07) is 4.94. The summed E-state index contributed by atoms with van der Waals surface area (Å²) in [5, 5.41) is 0. The highest BCUT2D eigenvalue weighted by Gasteiger charge is 2.24. The van der Waals surface area contributed by atoms with Crippen LogP contribution in [-0.2, 0) is 0 Å². The average molecular weight is 205 g/mol. The molecule has 2 N–H and O–H groups in total. The Bertz CT molecular complexity index is 320. The molecule has 0 aromatic carbocycles. The number of rotatable bonds is 4. The molecule has 3 heteroatoms. The van der Waals surface area contributed by atoms with Gasteiger partial charge in [0.05, 0.1) is 0 Å². The van der Waals surface area contributed by atoms with Gasteiger partial charge in [0.15, 0.2) is 0 Å². The summed E-state index contributed by atoms with van der Waals surface area (Å²) in [4.78, 5) is 6.66. The van der Waals surface area contributed by atoms with E-state index in [9.17, 15) is 0 Å². The molecule has 0 saturated heterocycles. The summed E-state index contributed by atoms with van der Waals surface area (Å²) in [6.45, 7) is 3.71. The summed E-state index contributed by atoms with van der Waals surface area (Å²) < 4.78 is 0. The van der Waals surface area contributed by atoms with Gasteiger partial charge in [0, 0.05) is 36.7 Å². The van der Waals surface area contributed by atoms with E-state index in [-0.39, 0.29) is 0 Å². The maximum atomic E-state index is 5.66. The summed E-state index contributed by atoms with van der Waals surface area (Å²) in [5.41, 5.74) is 8.02. The van der Waals surface area contributed by atoms with Crippen molar-refractivity contribution in [3.63, 3.8) is 0 Å². The lowest BCUT2D eigenvalue weighted by molar-refractivity contribution is 0.388. The van der Waals surface area contributed by atoms with Gasteiger partial charge in [0.2, 0.25) is 0 Å². The van der Waals surface area contributed by atoms with Crippen LogP contribution in [0, 0.1) is 6.92 Å². The first kappa shape index (κ1) is 10.4. The maximum absolute atomic E-state index is 5.66. The molecule has 0 atom stereocenters. The fraction of sp³-hybridized carbons (Fsp3) is 0.583. The van der Waals surface area contributed by atoms with E-state index in [0.29, 0.717) is 6.04 Å². The zero-order chi connectivity index (χ0) is 10.7. The van der Waals surface area contributed by atoms with Crippen LogP contribution in [0.3, 0.4) is 0 Å². The van der Waals surface area contributed by atoms with Gasteiger partial charge in [-0.25, -0.2) is 0 Å². The smallest absolute Gasteiger partial charge is 0.0402 e. The molecule has 1 aromatic rings. The largest absolute Gasteiger partial charge is 0.367 e. The molecule has 1 saturated carbocycles. The zero-order valence-corrected chi connectivity index (χ0v) is 9.32. The highest BCUT2D eigenvalue weighted by atomic mass is 15.2. The van der Waals surface area contributed by atoms with E-state index >= 15 is 0 Å². The summed E-state index contributed by atoms with van der Waals surface area (Å²) in [7, 11) is 0. The minimum atomic E-state index is 0.704. The molecule has 15 heavy (non-hydrogen) atoms. The van der Waals surface area contributed by atoms with Crippen LogP contribution in [0.15, 0.2) is 18.3 Å². The number of anilines is 1. The van der Waals surface area contributed by atoms with Crippen LogP contribution in [-0.4, -0.2) is 24.1 Å². The SMILES string of the molecule is Cc1cc(N(CCN)C2CCC2)ccn1. The minimum absolute atomic E-state index is 0.704. The van der Waals surface area contributed by atoms with Crippen molar-refractivity contribution in [1.82, 2.24) is 4.98 Å². The molecule has 0 amide bonds. The lowest BCUT2D eigenvalue weighted by atomic mass is 9.91. The van der Waals surface area contributed by atoms with Crippen LogP contribution in [0.2, 0.25) is 0 Å². The van der Waals surface area contributed by atoms with Crippen LogP contribution in [0.1, 0.15) is 25.0 Å². The van der Waals surface area contributed by atoms with E-state index in [2.05, 4.69) is 22.0 Å². The fourth-order valence-corrected chi connectivity index (χ4v) is 2.07. The quantitative estimate of drug-likeness (QED) is 0.813. The first-order chi connectivity index (χ1) is 7.31. The number of hydrogen-bond donors (Lipinski definition) is 1. The van der Waals surface area contributed by atoms with Gasteiger partial charge in [-0.1, -0.05) is 0 Å².